The van der Waals surface area contributed by atoms with Gasteiger partial charge in [0.25, 0.3) is 11.8 Å². The van der Waals surface area contributed by atoms with Crippen LogP contribution in [0.4, 0.5) is 10.1 Å². The Hall–Kier alpha value is -3.47. The number of carbonyl (C=O) groups is 2. The maximum absolute atomic E-state index is 12.9. The fourth-order valence-electron chi connectivity index (χ4n) is 2.69. The van der Waals surface area contributed by atoms with Crippen molar-refractivity contribution < 1.29 is 14.0 Å². The van der Waals surface area contributed by atoms with Gasteiger partial charge in [-0.1, -0.05) is 31.2 Å². The smallest absolute Gasteiger partial charge is 0.255 e. The zero-order chi connectivity index (χ0) is 19.9. The lowest BCUT2D eigenvalue weighted by molar-refractivity contribution is 0.0949. The summed E-state index contributed by atoms with van der Waals surface area (Å²) >= 11 is 0. The van der Waals surface area contributed by atoms with Gasteiger partial charge in [-0.3, -0.25) is 9.59 Å². The van der Waals surface area contributed by atoms with Crippen molar-refractivity contribution in [1.82, 2.24) is 5.32 Å². The third-order valence-electron chi connectivity index (χ3n) is 4.40. The highest BCUT2D eigenvalue weighted by Gasteiger charge is 2.09. The van der Waals surface area contributed by atoms with Gasteiger partial charge in [0.2, 0.25) is 0 Å². The molecule has 0 radical (unpaired) electrons. The highest BCUT2D eigenvalue weighted by molar-refractivity contribution is 6.05. The van der Waals surface area contributed by atoms with E-state index in [1.54, 1.807) is 36.4 Å². The first-order valence-corrected chi connectivity index (χ1v) is 9.08. The van der Waals surface area contributed by atoms with Gasteiger partial charge in [0.15, 0.2) is 0 Å². The Bertz CT molecular complexity index is 949. The summed E-state index contributed by atoms with van der Waals surface area (Å²) in [5, 5.41) is 5.61. The molecule has 2 N–H and O–H groups in total. The van der Waals surface area contributed by atoms with E-state index >= 15 is 0 Å². The largest absolute Gasteiger partial charge is 0.348 e. The van der Waals surface area contributed by atoms with Gasteiger partial charge >= 0.3 is 0 Å². The minimum atomic E-state index is -0.315. The van der Waals surface area contributed by atoms with Crippen molar-refractivity contribution in [2.24, 2.45) is 0 Å². The van der Waals surface area contributed by atoms with Crippen LogP contribution in [-0.4, -0.2) is 11.8 Å². The first-order chi connectivity index (χ1) is 13.5. The normalized spacial score (nSPS) is 10.4. The zero-order valence-electron chi connectivity index (χ0n) is 15.5. The van der Waals surface area contributed by atoms with Gasteiger partial charge in [-0.2, -0.15) is 0 Å². The van der Waals surface area contributed by atoms with E-state index in [0.717, 1.165) is 17.7 Å². The molecule has 0 aliphatic carbocycles. The number of amides is 2. The second kappa shape index (κ2) is 8.95. The Kier molecular flexibility index (Phi) is 6.17. The second-order valence-electron chi connectivity index (χ2n) is 6.39. The van der Waals surface area contributed by atoms with Crippen LogP contribution >= 0.6 is 0 Å². The molecule has 0 saturated carbocycles. The molecule has 4 nitrogen and oxygen atoms in total. The number of carbonyl (C=O) groups excluding carboxylic acids is 2. The van der Waals surface area contributed by atoms with Crippen molar-refractivity contribution in [3.8, 4) is 0 Å². The fraction of sp³-hybridized carbons (Fsp3) is 0.130. The monoisotopic (exact) mass is 376 g/mol. The van der Waals surface area contributed by atoms with E-state index < -0.39 is 0 Å². The summed E-state index contributed by atoms with van der Waals surface area (Å²) in [6.45, 7) is 2.38. The number of halogens is 1. The van der Waals surface area contributed by atoms with E-state index in [1.807, 2.05) is 24.3 Å². The van der Waals surface area contributed by atoms with Crippen molar-refractivity contribution in [3.63, 3.8) is 0 Å². The van der Waals surface area contributed by atoms with Crippen LogP contribution < -0.4 is 10.6 Å². The third-order valence-corrected chi connectivity index (χ3v) is 4.40. The summed E-state index contributed by atoms with van der Waals surface area (Å²) in [7, 11) is 0. The van der Waals surface area contributed by atoms with Crippen molar-refractivity contribution in [2.45, 2.75) is 19.9 Å². The molecule has 3 aromatic carbocycles. The van der Waals surface area contributed by atoms with Gasteiger partial charge in [-0.15, -0.1) is 0 Å². The van der Waals surface area contributed by atoms with E-state index in [0.29, 0.717) is 17.7 Å². The van der Waals surface area contributed by atoms with Gasteiger partial charge in [0, 0.05) is 23.4 Å². The molecule has 0 aliphatic heterocycles. The van der Waals surface area contributed by atoms with E-state index in [9.17, 15) is 14.0 Å². The first-order valence-electron chi connectivity index (χ1n) is 9.08. The van der Waals surface area contributed by atoms with Gasteiger partial charge in [-0.25, -0.2) is 4.39 Å². The highest BCUT2D eigenvalue weighted by atomic mass is 19.1. The molecule has 0 saturated heterocycles. The SMILES string of the molecule is CCc1ccc(NC(=O)c2ccc(C(=O)NCc3ccc(F)cc3)cc2)cc1. The average molecular weight is 376 g/mol. The Morgan fingerprint density at radius 1 is 0.750 bits per heavy atom. The predicted molar refractivity (Wildman–Crippen MR) is 108 cm³/mol. The summed E-state index contributed by atoms with van der Waals surface area (Å²) in [6, 6.07) is 20.1. The van der Waals surface area contributed by atoms with Crippen LogP contribution in [0.5, 0.6) is 0 Å². The molecule has 2 amide bonds. The summed E-state index contributed by atoms with van der Waals surface area (Å²) in [5.41, 5.74) is 3.65. The van der Waals surface area contributed by atoms with E-state index in [4.69, 9.17) is 0 Å². The van der Waals surface area contributed by atoms with Gasteiger partial charge in [0.1, 0.15) is 5.82 Å². The van der Waals surface area contributed by atoms with Crippen LogP contribution in [0.3, 0.4) is 0 Å². The van der Waals surface area contributed by atoms with Crippen LogP contribution in [0, 0.1) is 5.82 Å². The molecule has 0 fully saturated rings. The van der Waals surface area contributed by atoms with Crippen LogP contribution in [-0.2, 0) is 13.0 Å². The predicted octanol–water partition coefficient (Wildman–Crippen LogP) is 4.57. The molecule has 142 valence electrons. The van der Waals surface area contributed by atoms with E-state index in [2.05, 4.69) is 17.6 Å². The van der Waals surface area contributed by atoms with Crippen molar-refractivity contribution >= 4 is 17.5 Å². The number of rotatable bonds is 6. The molecule has 3 rings (SSSR count). The quantitative estimate of drug-likeness (QED) is 0.662. The number of aryl methyl sites for hydroxylation is 1. The summed E-state index contributed by atoms with van der Waals surface area (Å²) in [6.07, 6.45) is 0.943. The summed E-state index contributed by atoms with van der Waals surface area (Å²) in [4.78, 5) is 24.6. The molecule has 0 bridgehead atoms. The van der Waals surface area contributed by atoms with Gasteiger partial charge < -0.3 is 10.6 Å². The number of benzene rings is 3. The lowest BCUT2D eigenvalue weighted by Crippen LogP contribution is -2.23. The molecule has 5 heteroatoms. The molecule has 28 heavy (non-hydrogen) atoms. The molecular weight excluding hydrogens is 355 g/mol. The number of anilines is 1. The minimum absolute atomic E-state index is 0.234. The molecule has 0 aliphatic rings. The van der Waals surface area contributed by atoms with Crippen LogP contribution in [0.1, 0.15) is 38.8 Å². The highest BCUT2D eigenvalue weighted by Crippen LogP contribution is 2.13. The van der Waals surface area contributed by atoms with E-state index in [1.165, 1.54) is 17.7 Å². The summed E-state index contributed by atoms with van der Waals surface area (Å²) in [5.74, 6) is -0.806. The van der Waals surface area contributed by atoms with Crippen LogP contribution in [0.25, 0.3) is 0 Å². The Balaban J connectivity index is 1.57. The molecule has 0 atom stereocenters. The van der Waals surface area contributed by atoms with Crippen LogP contribution in [0.15, 0.2) is 72.8 Å². The van der Waals surface area contributed by atoms with Crippen molar-refractivity contribution in [2.75, 3.05) is 5.32 Å². The molecule has 0 unspecified atom stereocenters. The van der Waals surface area contributed by atoms with Crippen molar-refractivity contribution in [1.29, 1.82) is 0 Å². The Morgan fingerprint density at radius 3 is 1.86 bits per heavy atom. The minimum Gasteiger partial charge on any atom is -0.348 e. The lowest BCUT2D eigenvalue weighted by atomic mass is 10.1. The molecular formula is C23H21FN2O2. The van der Waals surface area contributed by atoms with Gasteiger partial charge in [0.05, 0.1) is 0 Å². The number of hydrogen-bond acceptors (Lipinski definition) is 2. The fourth-order valence-corrected chi connectivity index (χ4v) is 2.69. The standard InChI is InChI=1S/C23H21FN2O2/c1-2-16-5-13-21(14-6-16)26-23(28)19-9-7-18(8-10-19)22(27)25-15-17-3-11-20(24)12-4-17/h3-14H,2,15H2,1H3,(H,25,27)(H,26,28). The Labute approximate surface area is 163 Å². The zero-order valence-corrected chi connectivity index (χ0v) is 15.5. The van der Waals surface area contributed by atoms with Gasteiger partial charge in [-0.05, 0) is 66.1 Å². The topological polar surface area (TPSA) is 58.2 Å². The van der Waals surface area contributed by atoms with E-state index in [-0.39, 0.29) is 17.6 Å². The maximum Gasteiger partial charge on any atom is 0.255 e. The Morgan fingerprint density at radius 2 is 1.29 bits per heavy atom. The number of nitrogens with one attached hydrogen (secondary N) is 2. The summed E-state index contributed by atoms with van der Waals surface area (Å²) < 4.78 is 12.9. The van der Waals surface area contributed by atoms with Crippen molar-refractivity contribution in [3.05, 3.63) is 101 Å². The number of hydrogen-bond donors (Lipinski definition) is 2. The average Bonchev–Trinajstić information content (AvgIpc) is 2.73. The second-order valence-corrected chi connectivity index (χ2v) is 6.39. The lowest BCUT2D eigenvalue weighted by Gasteiger charge is -2.08. The van der Waals surface area contributed by atoms with Crippen LogP contribution in [0.2, 0.25) is 0 Å². The molecule has 0 spiro atoms. The maximum atomic E-state index is 12.9. The third kappa shape index (κ3) is 5.04. The molecule has 3 aromatic rings. The molecule has 0 heterocycles. The molecule has 0 aromatic heterocycles. The first kappa shape index (κ1) is 19.3.